The summed E-state index contributed by atoms with van der Waals surface area (Å²) in [6.07, 6.45) is 1.84. The third kappa shape index (κ3) is 1.92. The van der Waals surface area contributed by atoms with Gasteiger partial charge in [0.05, 0.1) is 24.0 Å². The lowest BCUT2D eigenvalue weighted by Gasteiger charge is -2.07. The molecule has 0 spiro atoms. The van der Waals surface area contributed by atoms with E-state index in [1.807, 2.05) is 37.0 Å². The van der Waals surface area contributed by atoms with Crippen LogP contribution in [0.25, 0.3) is 22.2 Å². The van der Waals surface area contributed by atoms with Crippen LogP contribution in [0.3, 0.4) is 0 Å². The van der Waals surface area contributed by atoms with Gasteiger partial charge in [-0.1, -0.05) is 30.3 Å². The summed E-state index contributed by atoms with van der Waals surface area (Å²) >= 11 is 0. The highest BCUT2D eigenvalue weighted by Gasteiger charge is 2.08. The summed E-state index contributed by atoms with van der Waals surface area (Å²) in [5.74, 6) is 0. The molecule has 1 heterocycles. The number of para-hydroxylation sites is 1. The van der Waals surface area contributed by atoms with Crippen molar-refractivity contribution in [3.05, 3.63) is 53.9 Å². The topological polar surface area (TPSA) is 38.0 Å². The smallest absolute Gasteiger partial charge is 0.0962 e. The van der Waals surface area contributed by atoms with Crippen LogP contribution in [0.15, 0.2) is 42.7 Å². The number of rotatable bonds is 2. The summed E-state index contributed by atoms with van der Waals surface area (Å²) in [5.41, 5.74) is 6.48. The second kappa shape index (κ2) is 4.52. The highest BCUT2D eigenvalue weighted by atomic mass is 16.3. The molecule has 0 aliphatic heterocycles. The van der Waals surface area contributed by atoms with Crippen molar-refractivity contribution in [2.24, 2.45) is 7.05 Å². The van der Waals surface area contributed by atoms with E-state index in [1.54, 1.807) is 0 Å². The lowest BCUT2D eigenvalue weighted by Crippen LogP contribution is -1.90. The second-order valence-electron chi connectivity index (χ2n) is 4.83. The number of imidazole rings is 1. The summed E-state index contributed by atoms with van der Waals surface area (Å²) in [4.78, 5) is 4.48. The lowest BCUT2D eigenvalue weighted by atomic mass is 9.99. The first-order chi connectivity index (χ1) is 9.20. The number of hydrogen-bond donors (Lipinski definition) is 1. The predicted octanol–water partition coefficient (Wildman–Crippen LogP) is 3.04. The highest BCUT2D eigenvalue weighted by Crippen LogP contribution is 2.28. The van der Waals surface area contributed by atoms with E-state index in [0.717, 1.165) is 33.3 Å². The number of aromatic nitrogens is 2. The Morgan fingerprint density at radius 2 is 2.05 bits per heavy atom. The fourth-order valence-corrected chi connectivity index (χ4v) is 2.43. The number of hydrogen-bond acceptors (Lipinski definition) is 2. The van der Waals surface area contributed by atoms with Crippen LogP contribution in [-0.2, 0) is 13.7 Å². The summed E-state index contributed by atoms with van der Waals surface area (Å²) in [6.45, 7) is 2.10. The Labute approximate surface area is 112 Å². The van der Waals surface area contributed by atoms with Crippen LogP contribution in [-0.4, -0.2) is 14.7 Å². The fourth-order valence-electron chi connectivity index (χ4n) is 2.43. The third-order valence-electron chi connectivity index (χ3n) is 3.58. The number of aryl methyl sites for hydroxylation is 2. The highest BCUT2D eigenvalue weighted by molar-refractivity contribution is 5.92. The first-order valence-corrected chi connectivity index (χ1v) is 6.31. The molecule has 0 amide bonds. The van der Waals surface area contributed by atoms with E-state index in [9.17, 15) is 5.11 Å². The molecule has 0 atom stereocenters. The molecule has 2 aromatic carbocycles. The van der Waals surface area contributed by atoms with E-state index in [1.165, 1.54) is 0 Å². The zero-order chi connectivity index (χ0) is 13.4. The zero-order valence-corrected chi connectivity index (χ0v) is 11.1. The Morgan fingerprint density at radius 1 is 1.21 bits per heavy atom. The van der Waals surface area contributed by atoms with E-state index >= 15 is 0 Å². The van der Waals surface area contributed by atoms with E-state index in [2.05, 4.69) is 29.2 Å². The maximum absolute atomic E-state index is 9.24. The zero-order valence-electron chi connectivity index (χ0n) is 11.1. The molecule has 3 nitrogen and oxygen atoms in total. The molecule has 0 bridgehead atoms. The average Bonchev–Trinajstić information content (AvgIpc) is 2.80. The summed E-state index contributed by atoms with van der Waals surface area (Å²) in [6, 6.07) is 12.3. The van der Waals surface area contributed by atoms with Crippen LogP contribution in [0.2, 0.25) is 0 Å². The van der Waals surface area contributed by atoms with Gasteiger partial charge in [0.2, 0.25) is 0 Å². The molecule has 0 saturated carbocycles. The summed E-state index contributed by atoms with van der Waals surface area (Å²) < 4.78 is 2.02. The van der Waals surface area contributed by atoms with Crippen LogP contribution in [0.5, 0.6) is 0 Å². The monoisotopic (exact) mass is 252 g/mol. The maximum Gasteiger partial charge on any atom is 0.0962 e. The van der Waals surface area contributed by atoms with Gasteiger partial charge < -0.3 is 9.67 Å². The normalized spacial score (nSPS) is 11.1. The van der Waals surface area contributed by atoms with Crippen molar-refractivity contribution in [1.82, 2.24) is 9.55 Å². The van der Waals surface area contributed by atoms with Gasteiger partial charge in [-0.3, -0.25) is 0 Å². The van der Waals surface area contributed by atoms with Crippen molar-refractivity contribution in [3.8, 4) is 11.1 Å². The van der Waals surface area contributed by atoms with E-state index in [0.29, 0.717) is 0 Å². The number of benzene rings is 2. The Bertz CT molecular complexity index is 744. The molecule has 1 N–H and O–H groups in total. The predicted molar refractivity (Wildman–Crippen MR) is 76.8 cm³/mol. The number of nitrogens with zero attached hydrogens (tertiary/aromatic N) is 2. The molecule has 0 saturated heterocycles. The molecule has 3 rings (SSSR count). The van der Waals surface area contributed by atoms with Gasteiger partial charge in [-0.2, -0.15) is 0 Å². The van der Waals surface area contributed by atoms with Gasteiger partial charge >= 0.3 is 0 Å². The molecular weight excluding hydrogens is 236 g/mol. The maximum atomic E-state index is 9.24. The van der Waals surface area contributed by atoms with Crippen molar-refractivity contribution in [1.29, 1.82) is 0 Å². The van der Waals surface area contributed by atoms with Crippen LogP contribution in [0.1, 0.15) is 11.1 Å². The molecule has 0 fully saturated rings. The number of aliphatic hydroxyl groups is 1. The summed E-state index contributed by atoms with van der Waals surface area (Å²) in [7, 11) is 2.00. The number of fused-ring (bicyclic) bond motifs is 1. The van der Waals surface area contributed by atoms with Crippen molar-refractivity contribution in [3.63, 3.8) is 0 Å². The molecule has 3 aromatic rings. The van der Waals surface area contributed by atoms with Crippen LogP contribution < -0.4 is 0 Å². The van der Waals surface area contributed by atoms with E-state index in [-0.39, 0.29) is 6.61 Å². The quantitative estimate of drug-likeness (QED) is 0.761. The first-order valence-electron chi connectivity index (χ1n) is 6.31. The van der Waals surface area contributed by atoms with Gasteiger partial charge in [-0.25, -0.2) is 4.98 Å². The lowest BCUT2D eigenvalue weighted by molar-refractivity contribution is 0.281. The molecule has 0 aliphatic carbocycles. The van der Waals surface area contributed by atoms with Gasteiger partial charge in [0.1, 0.15) is 0 Å². The Hall–Kier alpha value is -2.13. The molecule has 96 valence electrons. The second-order valence-corrected chi connectivity index (χ2v) is 4.83. The van der Waals surface area contributed by atoms with E-state index < -0.39 is 0 Å². The Balaban J connectivity index is 2.21. The molecule has 0 aliphatic rings. The Morgan fingerprint density at radius 3 is 2.79 bits per heavy atom. The standard InChI is InChI=1S/C16H16N2O/c1-11-8-12(6-7-13(11)9-19)14-4-3-5-15-16(14)17-10-18(15)2/h3-8,10,19H,9H2,1-2H3. The van der Waals surface area contributed by atoms with Gasteiger partial charge in [0.25, 0.3) is 0 Å². The molecule has 19 heavy (non-hydrogen) atoms. The van der Waals surface area contributed by atoms with Gasteiger partial charge in [-0.05, 0) is 29.7 Å². The minimum absolute atomic E-state index is 0.0832. The van der Waals surface area contributed by atoms with Gasteiger partial charge in [-0.15, -0.1) is 0 Å². The minimum Gasteiger partial charge on any atom is -0.392 e. The molecule has 1 aromatic heterocycles. The van der Waals surface area contributed by atoms with Gasteiger partial charge in [0.15, 0.2) is 0 Å². The third-order valence-corrected chi connectivity index (χ3v) is 3.58. The van der Waals surface area contributed by atoms with Crippen molar-refractivity contribution in [2.45, 2.75) is 13.5 Å². The largest absolute Gasteiger partial charge is 0.392 e. The molecular formula is C16H16N2O. The molecule has 0 unspecified atom stereocenters. The van der Waals surface area contributed by atoms with Gasteiger partial charge in [0, 0.05) is 12.6 Å². The molecule has 3 heteroatoms. The summed E-state index contributed by atoms with van der Waals surface area (Å²) in [5, 5.41) is 9.24. The van der Waals surface area contributed by atoms with Crippen LogP contribution >= 0.6 is 0 Å². The number of aliphatic hydroxyl groups excluding tert-OH is 1. The first kappa shape index (κ1) is 11.9. The van der Waals surface area contributed by atoms with Crippen molar-refractivity contribution in [2.75, 3.05) is 0 Å². The fraction of sp³-hybridized carbons (Fsp3) is 0.188. The van der Waals surface area contributed by atoms with Crippen LogP contribution in [0, 0.1) is 6.92 Å². The molecule has 0 radical (unpaired) electrons. The average molecular weight is 252 g/mol. The van der Waals surface area contributed by atoms with Crippen LogP contribution in [0.4, 0.5) is 0 Å². The van der Waals surface area contributed by atoms with Crippen molar-refractivity contribution >= 4 is 11.0 Å². The van der Waals surface area contributed by atoms with E-state index in [4.69, 9.17) is 0 Å². The minimum atomic E-state index is 0.0832. The van der Waals surface area contributed by atoms with Crippen molar-refractivity contribution < 1.29 is 5.11 Å². The SMILES string of the molecule is Cc1cc(-c2cccc3c2ncn3C)ccc1CO. The Kier molecular flexibility index (Phi) is 2.84.